The minimum atomic E-state index is -0.216. The van der Waals surface area contributed by atoms with Gasteiger partial charge in [0.15, 0.2) is 0 Å². The molecule has 1 saturated heterocycles. The molecular weight excluding hydrogens is 208 g/mol. The van der Waals surface area contributed by atoms with Gasteiger partial charge in [-0.2, -0.15) is 0 Å². The Morgan fingerprint density at radius 2 is 1.46 bits per heavy atom. The summed E-state index contributed by atoms with van der Waals surface area (Å²) in [6.07, 6.45) is 0.508. The SMILES string of the molecule is CC(=O)N=C1CC(=NC(C)=O)SS1. The van der Waals surface area contributed by atoms with Crippen LogP contribution in [0.2, 0.25) is 0 Å². The Kier molecular flexibility index (Phi) is 3.68. The Balaban J connectivity index is 2.64. The second-order valence-electron chi connectivity index (χ2n) is 2.39. The van der Waals surface area contributed by atoms with Crippen LogP contribution >= 0.6 is 21.6 Å². The fourth-order valence-corrected chi connectivity index (χ4v) is 2.91. The molecule has 1 aliphatic heterocycles. The molecule has 0 bridgehead atoms. The molecule has 0 radical (unpaired) electrons. The first-order valence-electron chi connectivity index (χ1n) is 3.58. The maximum Gasteiger partial charge on any atom is 0.243 e. The van der Waals surface area contributed by atoms with Crippen molar-refractivity contribution in [2.45, 2.75) is 20.3 Å². The fraction of sp³-hybridized carbons (Fsp3) is 0.429. The van der Waals surface area contributed by atoms with Gasteiger partial charge in [-0.05, 0) is 21.6 Å². The highest BCUT2D eigenvalue weighted by atomic mass is 33.1. The Morgan fingerprint density at radius 1 is 1.08 bits per heavy atom. The van der Waals surface area contributed by atoms with Gasteiger partial charge in [0.1, 0.15) is 0 Å². The van der Waals surface area contributed by atoms with Gasteiger partial charge in [-0.15, -0.1) is 0 Å². The molecule has 0 N–H and O–H groups in total. The zero-order valence-corrected chi connectivity index (χ0v) is 8.87. The Bertz CT molecular complexity index is 280. The second kappa shape index (κ2) is 4.57. The van der Waals surface area contributed by atoms with E-state index in [0.29, 0.717) is 6.42 Å². The lowest BCUT2D eigenvalue weighted by Crippen LogP contribution is -1.96. The van der Waals surface area contributed by atoms with E-state index in [2.05, 4.69) is 9.98 Å². The zero-order chi connectivity index (χ0) is 9.84. The van der Waals surface area contributed by atoms with E-state index >= 15 is 0 Å². The molecule has 0 saturated carbocycles. The molecule has 0 unspecified atom stereocenters. The van der Waals surface area contributed by atoms with Crippen LogP contribution in [0, 0.1) is 0 Å². The highest BCUT2D eigenvalue weighted by molar-refractivity contribution is 8.88. The highest BCUT2D eigenvalue weighted by Crippen LogP contribution is 2.36. The van der Waals surface area contributed by atoms with Gasteiger partial charge < -0.3 is 0 Å². The molecule has 4 nitrogen and oxygen atoms in total. The number of carbonyl (C=O) groups excluding carboxylic acids is 2. The van der Waals surface area contributed by atoms with Crippen molar-refractivity contribution >= 4 is 43.5 Å². The van der Waals surface area contributed by atoms with E-state index in [4.69, 9.17) is 0 Å². The molecule has 1 heterocycles. The van der Waals surface area contributed by atoms with Crippen LogP contribution in [0.15, 0.2) is 9.98 Å². The third-order valence-corrected chi connectivity index (χ3v) is 3.44. The Labute approximate surface area is 83.7 Å². The summed E-state index contributed by atoms with van der Waals surface area (Å²) in [5.41, 5.74) is 0. The summed E-state index contributed by atoms with van der Waals surface area (Å²) in [5.74, 6) is -0.431. The van der Waals surface area contributed by atoms with Gasteiger partial charge in [0, 0.05) is 20.3 Å². The number of aliphatic imine (C=N–C) groups is 2. The van der Waals surface area contributed by atoms with Crippen molar-refractivity contribution in [3.63, 3.8) is 0 Å². The number of hydrogen-bond donors (Lipinski definition) is 0. The summed E-state index contributed by atoms with van der Waals surface area (Å²) in [4.78, 5) is 28.7. The van der Waals surface area contributed by atoms with Gasteiger partial charge >= 0.3 is 0 Å². The van der Waals surface area contributed by atoms with Crippen LogP contribution < -0.4 is 0 Å². The molecule has 1 fully saturated rings. The topological polar surface area (TPSA) is 58.9 Å². The summed E-state index contributed by atoms with van der Waals surface area (Å²) in [6, 6.07) is 0. The maximum absolute atomic E-state index is 10.6. The molecule has 13 heavy (non-hydrogen) atoms. The van der Waals surface area contributed by atoms with Crippen LogP contribution in [0.25, 0.3) is 0 Å². The molecule has 0 aromatic rings. The van der Waals surface area contributed by atoms with Crippen LogP contribution in [0.5, 0.6) is 0 Å². The van der Waals surface area contributed by atoms with Gasteiger partial charge in [0.2, 0.25) is 11.8 Å². The average Bonchev–Trinajstić information content (AvgIpc) is 2.33. The predicted octanol–water partition coefficient (Wildman–Crippen LogP) is 1.66. The zero-order valence-electron chi connectivity index (χ0n) is 7.23. The number of nitrogens with zero attached hydrogens (tertiary/aromatic N) is 2. The van der Waals surface area contributed by atoms with Crippen LogP contribution in [0.3, 0.4) is 0 Å². The largest absolute Gasteiger partial charge is 0.273 e. The summed E-state index contributed by atoms with van der Waals surface area (Å²) in [5, 5.41) is 1.44. The van der Waals surface area contributed by atoms with Gasteiger partial charge in [0.25, 0.3) is 0 Å². The van der Waals surface area contributed by atoms with Crippen LogP contribution in [0.1, 0.15) is 20.3 Å². The lowest BCUT2D eigenvalue weighted by molar-refractivity contribution is -0.116. The van der Waals surface area contributed by atoms with E-state index < -0.39 is 0 Å². The third kappa shape index (κ3) is 3.73. The standard InChI is InChI=1S/C7H8N2O2S2/c1-4(10)8-6-3-7(13-12-6)9-5(2)11/h3H2,1-2H3. The van der Waals surface area contributed by atoms with Gasteiger partial charge in [-0.1, -0.05) is 0 Å². The van der Waals surface area contributed by atoms with Crippen LogP contribution in [-0.4, -0.2) is 21.9 Å². The molecule has 2 amide bonds. The van der Waals surface area contributed by atoms with E-state index in [0.717, 1.165) is 10.1 Å². The quantitative estimate of drug-likeness (QED) is 0.578. The Morgan fingerprint density at radius 3 is 1.77 bits per heavy atom. The number of rotatable bonds is 0. The van der Waals surface area contributed by atoms with Crippen molar-refractivity contribution in [3.05, 3.63) is 0 Å². The molecular formula is C7H8N2O2S2. The first kappa shape index (κ1) is 10.5. The number of amides is 2. The summed E-state index contributed by atoms with van der Waals surface area (Å²) in [6.45, 7) is 2.80. The first-order chi connectivity index (χ1) is 6.08. The van der Waals surface area contributed by atoms with Crippen molar-refractivity contribution < 1.29 is 9.59 Å². The summed E-state index contributed by atoms with van der Waals surface area (Å²) < 4.78 is 0. The lowest BCUT2D eigenvalue weighted by atomic mass is 10.5. The minimum Gasteiger partial charge on any atom is -0.273 e. The smallest absolute Gasteiger partial charge is 0.243 e. The first-order valence-corrected chi connectivity index (χ1v) is 5.73. The highest BCUT2D eigenvalue weighted by Gasteiger charge is 2.18. The van der Waals surface area contributed by atoms with Gasteiger partial charge in [-0.25, -0.2) is 9.98 Å². The van der Waals surface area contributed by atoms with Crippen molar-refractivity contribution in [1.82, 2.24) is 0 Å². The Hall–Kier alpha value is -0.620. The normalized spacial score (nSPS) is 22.6. The van der Waals surface area contributed by atoms with Crippen molar-refractivity contribution in [3.8, 4) is 0 Å². The summed E-state index contributed by atoms with van der Waals surface area (Å²) >= 11 is 0. The number of carbonyl (C=O) groups is 2. The van der Waals surface area contributed by atoms with E-state index in [-0.39, 0.29) is 11.8 Å². The molecule has 0 aromatic carbocycles. The predicted molar refractivity (Wildman–Crippen MR) is 56.0 cm³/mol. The fourth-order valence-electron chi connectivity index (χ4n) is 0.752. The van der Waals surface area contributed by atoms with Crippen molar-refractivity contribution in [2.24, 2.45) is 9.98 Å². The molecule has 0 aliphatic carbocycles. The monoisotopic (exact) mass is 216 g/mol. The molecule has 6 heteroatoms. The molecule has 0 atom stereocenters. The van der Waals surface area contributed by atoms with E-state index in [9.17, 15) is 9.59 Å². The third-order valence-electron chi connectivity index (χ3n) is 1.10. The number of hydrogen-bond acceptors (Lipinski definition) is 4. The van der Waals surface area contributed by atoms with Crippen LogP contribution in [0.4, 0.5) is 0 Å². The molecule has 0 aromatic heterocycles. The van der Waals surface area contributed by atoms with Gasteiger partial charge in [0.05, 0.1) is 10.1 Å². The van der Waals surface area contributed by atoms with Crippen LogP contribution in [-0.2, 0) is 9.59 Å². The maximum atomic E-state index is 10.6. The molecule has 0 spiro atoms. The minimum absolute atomic E-state index is 0.216. The molecule has 70 valence electrons. The molecule has 1 aliphatic rings. The average molecular weight is 216 g/mol. The van der Waals surface area contributed by atoms with Crippen molar-refractivity contribution in [1.29, 1.82) is 0 Å². The van der Waals surface area contributed by atoms with Crippen molar-refractivity contribution in [2.75, 3.05) is 0 Å². The van der Waals surface area contributed by atoms with Gasteiger partial charge in [-0.3, -0.25) is 9.59 Å². The van der Waals surface area contributed by atoms with E-state index in [1.54, 1.807) is 0 Å². The van der Waals surface area contributed by atoms with E-state index in [1.807, 2.05) is 0 Å². The summed E-state index contributed by atoms with van der Waals surface area (Å²) in [7, 11) is 2.77. The molecule has 1 rings (SSSR count). The lowest BCUT2D eigenvalue weighted by Gasteiger charge is -1.87. The second-order valence-corrected chi connectivity index (χ2v) is 4.67. The van der Waals surface area contributed by atoms with E-state index in [1.165, 1.54) is 35.4 Å².